The highest BCUT2D eigenvalue weighted by molar-refractivity contribution is 5.89. The number of aliphatic hydroxyl groups excluding tert-OH is 2. The monoisotopic (exact) mass is 467 g/mol. The maximum absolute atomic E-state index is 14.9. The van der Waals surface area contributed by atoms with E-state index in [1.807, 2.05) is 0 Å². The lowest BCUT2D eigenvalue weighted by atomic mass is 9.88. The number of ether oxygens (including phenoxy) is 2. The van der Waals surface area contributed by atoms with Crippen molar-refractivity contribution in [2.24, 2.45) is 0 Å². The molecule has 10 nitrogen and oxygen atoms in total. The van der Waals surface area contributed by atoms with Crippen molar-refractivity contribution in [2.45, 2.75) is 31.0 Å². The Morgan fingerprint density at radius 2 is 1.97 bits per heavy atom. The average molecular weight is 467 g/mol. The summed E-state index contributed by atoms with van der Waals surface area (Å²) in [7, 11) is 0. The number of halogens is 2. The Hall–Kier alpha value is -3.25. The number of aromatic nitrogens is 1. The van der Waals surface area contributed by atoms with Gasteiger partial charge in [-0.15, -0.1) is 0 Å². The fraction of sp³-hybridized carbons (Fsp3) is 0.476. The first kappa shape index (κ1) is 22.9. The molecular weight excluding hydrogens is 444 g/mol. The highest BCUT2D eigenvalue weighted by Crippen LogP contribution is 2.35. The second kappa shape index (κ2) is 9.71. The van der Waals surface area contributed by atoms with Gasteiger partial charge in [0.15, 0.2) is 12.2 Å². The smallest absolute Gasteiger partial charge is 0.414 e. The number of hydrogen-bond acceptors (Lipinski definition) is 8. The van der Waals surface area contributed by atoms with Gasteiger partial charge in [-0.05, 0) is 36.0 Å². The minimum Gasteiger partial charge on any atom is -0.471 e. The Kier molecular flexibility index (Phi) is 6.75. The van der Waals surface area contributed by atoms with Gasteiger partial charge in [-0.2, -0.15) is 0 Å². The maximum atomic E-state index is 14.9. The number of amides is 2. The molecule has 2 amide bonds. The Morgan fingerprint density at radius 1 is 1.27 bits per heavy atom. The summed E-state index contributed by atoms with van der Waals surface area (Å²) >= 11 is 0. The van der Waals surface area contributed by atoms with Crippen LogP contribution in [-0.2, 0) is 9.53 Å². The van der Waals surface area contributed by atoms with Crippen molar-refractivity contribution in [1.29, 1.82) is 0 Å². The number of hydrogen-bond donors (Lipinski definition) is 2. The van der Waals surface area contributed by atoms with E-state index in [2.05, 4.69) is 9.68 Å². The molecule has 2 fully saturated rings. The normalized spacial score (nSPS) is 20.1. The van der Waals surface area contributed by atoms with E-state index in [0.29, 0.717) is 12.8 Å². The van der Waals surface area contributed by atoms with E-state index >= 15 is 0 Å². The van der Waals surface area contributed by atoms with Gasteiger partial charge in [0, 0.05) is 24.7 Å². The largest absolute Gasteiger partial charge is 0.471 e. The van der Waals surface area contributed by atoms with Crippen molar-refractivity contribution in [2.75, 3.05) is 37.7 Å². The van der Waals surface area contributed by atoms with E-state index in [1.165, 1.54) is 17.2 Å². The molecule has 0 aliphatic carbocycles. The maximum Gasteiger partial charge on any atom is 0.414 e. The molecule has 2 N–H and O–H groups in total. The standard InChI is InChI=1S/C21H23F2N3O7/c22-15-7-13(26-9-14(33-21(26)30)11-31-18-3-6-32-24-18)8-16(23)19(15)12-1-4-25(5-2-12)20(29)17(28)10-27/h3,6-8,12,14,17,27-28H,1-2,4-5,9-11H2/t14-,17+/m1/s1. The molecule has 2 saturated heterocycles. The molecule has 1 aromatic carbocycles. The number of aliphatic hydroxyl groups is 2. The van der Waals surface area contributed by atoms with Crippen molar-refractivity contribution in [1.82, 2.24) is 10.1 Å². The van der Waals surface area contributed by atoms with Gasteiger partial charge in [-0.3, -0.25) is 9.69 Å². The van der Waals surface area contributed by atoms with Gasteiger partial charge in [0.2, 0.25) is 0 Å². The molecule has 12 heteroatoms. The van der Waals surface area contributed by atoms with Crippen molar-refractivity contribution in [3.05, 3.63) is 41.7 Å². The first-order chi connectivity index (χ1) is 15.9. The summed E-state index contributed by atoms with van der Waals surface area (Å²) in [5.41, 5.74) is -0.0756. The molecule has 2 aromatic rings. The van der Waals surface area contributed by atoms with E-state index in [9.17, 15) is 23.5 Å². The van der Waals surface area contributed by atoms with Crippen LogP contribution in [0.15, 0.2) is 29.0 Å². The van der Waals surface area contributed by atoms with Gasteiger partial charge in [0.25, 0.3) is 11.8 Å². The number of carbonyl (C=O) groups is 2. The summed E-state index contributed by atoms with van der Waals surface area (Å²) < 4.78 is 45.0. The molecule has 2 atom stereocenters. The second-order valence-electron chi connectivity index (χ2n) is 7.89. The number of piperidine rings is 1. The molecule has 0 bridgehead atoms. The lowest BCUT2D eigenvalue weighted by Gasteiger charge is -2.33. The van der Waals surface area contributed by atoms with Gasteiger partial charge in [-0.1, -0.05) is 0 Å². The molecule has 0 saturated carbocycles. The van der Waals surface area contributed by atoms with Crippen molar-refractivity contribution in [3.63, 3.8) is 0 Å². The minimum absolute atomic E-state index is 0.0000931. The van der Waals surface area contributed by atoms with Gasteiger partial charge >= 0.3 is 6.09 Å². The first-order valence-electron chi connectivity index (χ1n) is 10.4. The van der Waals surface area contributed by atoms with Crippen LogP contribution in [0, 0.1) is 11.6 Å². The van der Waals surface area contributed by atoms with Crippen molar-refractivity contribution >= 4 is 17.7 Å². The topological polar surface area (TPSA) is 126 Å². The van der Waals surface area contributed by atoms with Crippen LogP contribution in [0.2, 0.25) is 0 Å². The average Bonchev–Trinajstić information content (AvgIpc) is 3.46. The van der Waals surface area contributed by atoms with Gasteiger partial charge < -0.3 is 29.1 Å². The number of benzene rings is 1. The van der Waals surface area contributed by atoms with Crippen molar-refractivity contribution < 1.29 is 42.6 Å². The summed E-state index contributed by atoms with van der Waals surface area (Å²) in [5, 5.41) is 22.0. The highest BCUT2D eigenvalue weighted by atomic mass is 19.1. The predicted molar refractivity (Wildman–Crippen MR) is 108 cm³/mol. The molecule has 1 aromatic heterocycles. The van der Waals surface area contributed by atoms with Crippen LogP contribution in [0.4, 0.5) is 19.3 Å². The molecule has 178 valence electrons. The Balaban J connectivity index is 1.40. The van der Waals surface area contributed by atoms with E-state index in [0.717, 1.165) is 17.0 Å². The summed E-state index contributed by atoms with van der Waals surface area (Å²) in [5.74, 6) is -2.43. The van der Waals surface area contributed by atoms with E-state index in [-0.39, 0.29) is 43.4 Å². The highest BCUT2D eigenvalue weighted by Gasteiger charge is 2.35. The zero-order valence-electron chi connectivity index (χ0n) is 17.5. The molecule has 0 unspecified atom stereocenters. The quantitative estimate of drug-likeness (QED) is 0.626. The lowest BCUT2D eigenvalue weighted by molar-refractivity contribution is -0.143. The third-order valence-electron chi connectivity index (χ3n) is 5.75. The SMILES string of the molecule is O=C([C@@H](O)CO)N1CCC(c2c(F)cc(N3C[C@H](COc4ccon4)OC3=O)cc2F)CC1. The van der Waals surface area contributed by atoms with Crippen molar-refractivity contribution in [3.8, 4) is 5.88 Å². The van der Waals surface area contributed by atoms with Gasteiger partial charge in [0.1, 0.15) is 24.5 Å². The zero-order valence-corrected chi connectivity index (χ0v) is 17.5. The number of nitrogens with zero attached hydrogens (tertiary/aromatic N) is 3. The Bertz CT molecular complexity index is 973. The van der Waals surface area contributed by atoms with E-state index in [4.69, 9.17) is 14.6 Å². The molecule has 0 spiro atoms. The summed E-state index contributed by atoms with van der Waals surface area (Å²) in [6, 6.07) is 3.67. The minimum atomic E-state index is -1.50. The number of carbonyl (C=O) groups excluding carboxylic acids is 2. The van der Waals surface area contributed by atoms with Gasteiger partial charge in [0.05, 0.1) is 18.8 Å². The molecule has 2 aliphatic heterocycles. The first-order valence-corrected chi connectivity index (χ1v) is 10.4. The van der Waals surface area contributed by atoms with Gasteiger partial charge in [-0.25, -0.2) is 13.6 Å². The molecular formula is C21H23F2N3O7. The fourth-order valence-corrected chi connectivity index (χ4v) is 4.07. The van der Waals surface area contributed by atoms with Crippen LogP contribution < -0.4 is 9.64 Å². The Morgan fingerprint density at radius 3 is 2.58 bits per heavy atom. The summed E-state index contributed by atoms with van der Waals surface area (Å²) in [6.45, 7) is -0.238. The molecule has 3 heterocycles. The number of likely N-dealkylation sites (tertiary alicyclic amines) is 1. The van der Waals surface area contributed by atoms with Crippen LogP contribution in [0.25, 0.3) is 0 Å². The molecule has 4 rings (SSSR count). The Labute approximate surface area is 187 Å². The summed E-state index contributed by atoms with van der Waals surface area (Å²) in [4.78, 5) is 26.7. The summed E-state index contributed by atoms with van der Waals surface area (Å²) in [6.07, 6.45) is -0.982. The predicted octanol–water partition coefficient (Wildman–Crippen LogP) is 1.42. The van der Waals surface area contributed by atoms with Crippen LogP contribution in [-0.4, -0.2) is 77.3 Å². The fourth-order valence-electron chi connectivity index (χ4n) is 4.07. The van der Waals surface area contributed by atoms with Crippen LogP contribution in [0.1, 0.15) is 24.3 Å². The number of cyclic esters (lactones) is 1. The molecule has 2 aliphatic rings. The third kappa shape index (κ3) is 4.91. The lowest BCUT2D eigenvalue weighted by Crippen LogP contribution is -2.44. The third-order valence-corrected chi connectivity index (χ3v) is 5.75. The van der Waals surface area contributed by atoms with Crippen LogP contribution >= 0.6 is 0 Å². The number of anilines is 1. The van der Waals surface area contributed by atoms with E-state index in [1.54, 1.807) is 0 Å². The second-order valence-corrected chi connectivity index (χ2v) is 7.89. The molecule has 33 heavy (non-hydrogen) atoms. The van der Waals surface area contributed by atoms with Crippen LogP contribution in [0.3, 0.4) is 0 Å². The van der Waals surface area contributed by atoms with Crippen LogP contribution in [0.5, 0.6) is 5.88 Å². The zero-order chi connectivity index (χ0) is 23.5. The van der Waals surface area contributed by atoms with E-state index < -0.39 is 48.4 Å². The molecule has 0 radical (unpaired) electrons. The number of rotatable bonds is 7.